The van der Waals surface area contributed by atoms with Gasteiger partial charge in [-0.15, -0.1) is 0 Å². The Kier molecular flexibility index (Phi) is 2.79. The molecule has 0 aliphatic carbocycles. The van der Waals surface area contributed by atoms with E-state index in [0.717, 1.165) is 16.7 Å². The molecule has 3 rings (SSSR count). The van der Waals surface area contributed by atoms with Gasteiger partial charge in [-0.1, -0.05) is 18.2 Å². The summed E-state index contributed by atoms with van der Waals surface area (Å²) in [4.78, 5) is 11.8. The first-order valence-electron chi connectivity index (χ1n) is 5.97. The maximum atomic E-state index is 11.8. The van der Waals surface area contributed by atoms with E-state index in [1.54, 1.807) is 17.9 Å². The lowest BCUT2D eigenvalue weighted by atomic mass is 10.2. The third kappa shape index (κ3) is 2.35. The molecule has 3 aromatic rings. The van der Waals surface area contributed by atoms with Gasteiger partial charge >= 0.3 is 0 Å². The van der Waals surface area contributed by atoms with Crippen molar-refractivity contribution in [3.8, 4) is 0 Å². The minimum Gasteiger partial charge on any atom is -0.459 e. The van der Waals surface area contributed by atoms with Gasteiger partial charge in [0.25, 0.3) is 5.91 Å². The molecule has 5 nitrogen and oxygen atoms in total. The summed E-state index contributed by atoms with van der Waals surface area (Å²) in [6.45, 7) is 0.363. The van der Waals surface area contributed by atoms with Crippen molar-refractivity contribution >= 4 is 16.9 Å². The first-order chi connectivity index (χ1) is 9.22. The molecule has 96 valence electrons. The third-order valence-electron chi connectivity index (χ3n) is 2.87. The van der Waals surface area contributed by atoms with Crippen LogP contribution in [0, 0.1) is 0 Å². The third-order valence-corrected chi connectivity index (χ3v) is 2.87. The summed E-state index contributed by atoms with van der Waals surface area (Å²) < 4.78 is 7.22. The molecule has 0 radical (unpaired) electrons. The zero-order valence-corrected chi connectivity index (χ0v) is 10.5. The summed E-state index contributed by atoms with van der Waals surface area (Å²) in [5.74, 6) is 0.576. The Morgan fingerprint density at radius 3 is 3.00 bits per heavy atom. The Bertz CT molecular complexity index is 694. The Labute approximate surface area is 109 Å². The Morgan fingerprint density at radius 2 is 2.26 bits per heavy atom. The average molecular weight is 255 g/mol. The standard InChI is InChI=1S/C14H13N3O2/c1-17-9-11(7-16-17)14(18)15-8-12-6-10-4-2-3-5-13(10)19-12/h2-7,9H,8H2,1H3,(H,15,18). The van der Waals surface area contributed by atoms with Crippen molar-refractivity contribution in [1.29, 1.82) is 0 Å². The molecule has 1 N–H and O–H groups in total. The fourth-order valence-electron chi connectivity index (χ4n) is 1.93. The molecule has 19 heavy (non-hydrogen) atoms. The quantitative estimate of drug-likeness (QED) is 0.779. The molecule has 0 unspecified atom stereocenters. The molecule has 0 fully saturated rings. The minimum absolute atomic E-state index is 0.159. The first kappa shape index (κ1) is 11.5. The Hall–Kier alpha value is -2.56. The van der Waals surface area contributed by atoms with Crippen LogP contribution in [0.5, 0.6) is 0 Å². The molecule has 0 spiro atoms. The zero-order chi connectivity index (χ0) is 13.2. The fourth-order valence-corrected chi connectivity index (χ4v) is 1.93. The number of carbonyl (C=O) groups is 1. The van der Waals surface area contributed by atoms with Crippen molar-refractivity contribution in [1.82, 2.24) is 15.1 Å². The fraction of sp³-hybridized carbons (Fsp3) is 0.143. The normalized spacial score (nSPS) is 10.8. The van der Waals surface area contributed by atoms with Crippen LogP contribution in [0.15, 0.2) is 47.1 Å². The van der Waals surface area contributed by atoms with Gasteiger partial charge in [-0.05, 0) is 12.1 Å². The molecule has 1 aromatic carbocycles. The van der Waals surface area contributed by atoms with Crippen LogP contribution in [0.25, 0.3) is 11.0 Å². The molecule has 0 aliphatic rings. The second kappa shape index (κ2) is 4.61. The number of furan rings is 1. The summed E-state index contributed by atoms with van der Waals surface area (Å²) in [5, 5.41) is 7.80. The van der Waals surface area contributed by atoms with Gasteiger partial charge in [0, 0.05) is 18.6 Å². The van der Waals surface area contributed by atoms with E-state index in [1.807, 2.05) is 30.3 Å². The molecule has 5 heteroatoms. The van der Waals surface area contributed by atoms with Crippen LogP contribution in [-0.2, 0) is 13.6 Å². The van der Waals surface area contributed by atoms with Crippen LogP contribution in [0.1, 0.15) is 16.1 Å². The van der Waals surface area contributed by atoms with Gasteiger partial charge < -0.3 is 9.73 Å². The monoisotopic (exact) mass is 255 g/mol. The number of carbonyl (C=O) groups excluding carboxylic acids is 1. The SMILES string of the molecule is Cn1cc(C(=O)NCc2cc3ccccc3o2)cn1. The lowest BCUT2D eigenvalue weighted by molar-refractivity contribution is 0.0948. The molecule has 0 aliphatic heterocycles. The number of hydrogen-bond donors (Lipinski definition) is 1. The Morgan fingerprint density at radius 1 is 1.42 bits per heavy atom. The van der Waals surface area contributed by atoms with Gasteiger partial charge in [0.05, 0.1) is 18.3 Å². The second-order valence-corrected chi connectivity index (χ2v) is 4.34. The van der Waals surface area contributed by atoms with E-state index in [2.05, 4.69) is 10.4 Å². The summed E-state index contributed by atoms with van der Waals surface area (Å²) in [6, 6.07) is 9.69. The summed E-state index contributed by atoms with van der Waals surface area (Å²) >= 11 is 0. The molecule has 0 bridgehead atoms. The largest absolute Gasteiger partial charge is 0.459 e. The highest BCUT2D eigenvalue weighted by molar-refractivity contribution is 5.93. The Balaban J connectivity index is 1.70. The highest BCUT2D eigenvalue weighted by atomic mass is 16.3. The van der Waals surface area contributed by atoms with Crippen molar-refractivity contribution < 1.29 is 9.21 Å². The summed E-state index contributed by atoms with van der Waals surface area (Å²) in [6.07, 6.45) is 3.21. The molecular formula is C14H13N3O2. The second-order valence-electron chi connectivity index (χ2n) is 4.34. The van der Waals surface area contributed by atoms with Crippen LogP contribution >= 0.6 is 0 Å². The number of aryl methyl sites for hydroxylation is 1. The molecular weight excluding hydrogens is 242 g/mol. The average Bonchev–Trinajstić information content (AvgIpc) is 3.01. The van der Waals surface area contributed by atoms with E-state index in [9.17, 15) is 4.79 Å². The maximum Gasteiger partial charge on any atom is 0.254 e. The predicted octanol–water partition coefficient (Wildman–Crippen LogP) is 2.10. The van der Waals surface area contributed by atoms with E-state index < -0.39 is 0 Å². The molecule has 0 atom stereocenters. The number of nitrogens with zero attached hydrogens (tertiary/aromatic N) is 2. The number of nitrogens with one attached hydrogen (secondary N) is 1. The van der Waals surface area contributed by atoms with Crippen LogP contribution < -0.4 is 5.32 Å². The first-order valence-corrected chi connectivity index (χ1v) is 5.97. The van der Waals surface area contributed by atoms with Crippen LogP contribution in [0.3, 0.4) is 0 Å². The molecule has 0 saturated heterocycles. The highest BCUT2D eigenvalue weighted by Gasteiger charge is 2.09. The van der Waals surface area contributed by atoms with Gasteiger partial charge in [-0.3, -0.25) is 9.48 Å². The van der Waals surface area contributed by atoms with Crippen molar-refractivity contribution in [3.05, 3.63) is 54.0 Å². The van der Waals surface area contributed by atoms with Crippen molar-refractivity contribution in [2.75, 3.05) is 0 Å². The number of para-hydroxylation sites is 1. The smallest absolute Gasteiger partial charge is 0.254 e. The highest BCUT2D eigenvalue weighted by Crippen LogP contribution is 2.18. The van der Waals surface area contributed by atoms with E-state index in [1.165, 1.54) is 6.20 Å². The minimum atomic E-state index is -0.159. The molecule has 2 aromatic heterocycles. The van der Waals surface area contributed by atoms with Crippen LogP contribution in [0.4, 0.5) is 0 Å². The topological polar surface area (TPSA) is 60.1 Å². The van der Waals surface area contributed by atoms with E-state index >= 15 is 0 Å². The number of hydrogen-bond acceptors (Lipinski definition) is 3. The van der Waals surface area contributed by atoms with Gasteiger partial charge in [0.1, 0.15) is 11.3 Å². The van der Waals surface area contributed by atoms with Gasteiger partial charge in [0.2, 0.25) is 0 Å². The van der Waals surface area contributed by atoms with Crippen molar-refractivity contribution in [2.24, 2.45) is 7.05 Å². The number of fused-ring (bicyclic) bond motifs is 1. The molecule has 1 amide bonds. The molecule has 2 heterocycles. The summed E-state index contributed by atoms with van der Waals surface area (Å²) in [7, 11) is 1.77. The van der Waals surface area contributed by atoms with E-state index in [0.29, 0.717) is 12.1 Å². The van der Waals surface area contributed by atoms with Gasteiger partial charge in [-0.2, -0.15) is 5.10 Å². The van der Waals surface area contributed by atoms with Crippen LogP contribution in [0.2, 0.25) is 0 Å². The van der Waals surface area contributed by atoms with Crippen LogP contribution in [-0.4, -0.2) is 15.7 Å². The predicted molar refractivity (Wildman–Crippen MR) is 70.6 cm³/mol. The molecule has 0 saturated carbocycles. The maximum absolute atomic E-state index is 11.8. The number of aromatic nitrogens is 2. The van der Waals surface area contributed by atoms with Crippen molar-refractivity contribution in [2.45, 2.75) is 6.54 Å². The lowest BCUT2D eigenvalue weighted by Gasteiger charge is -1.99. The number of amides is 1. The van der Waals surface area contributed by atoms with E-state index in [4.69, 9.17) is 4.42 Å². The van der Waals surface area contributed by atoms with Gasteiger partial charge in [-0.25, -0.2) is 0 Å². The number of benzene rings is 1. The lowest BCUT2D eigenvalue weighted by Crippen LogP contribution is -2.22. The summed E-state index contributed by atoms with van der Waals surface area (Å²) in [5.41, 5.74) is 1.37. The van der Waals surface area contributed by atoms with Gasteiger partial charge in [0.15, 0.2) is 0 Å². The zero-order valence-electron chi connectivity index (χ0n) is 10.5. The van der Waals surface area contributed by atoms with E-state index in [-0.39, 0.29) is 5.91 Å². The number of rotatable bonds is 3. The van der Waals surface area contributed by atoms with Crippen molar-refractivity contribution in [3.63, 3.8) is 0 Å².